The maximum Gasteiger partial charge on any atom is 0.340 e. The molecule has 0 spiro atoms. The number of amides is 1. The Morgan fingerprint density at radius 3 is 2.33 bits per heavy atom. The van der Waals surface area contributed by atoms with Crippen LogP contribution in [-0.2, 0) is 4.74 Å². The SMILES string of the molecule is CCOC(=O)c1ccccc1NC(=O)c1ccccc1SC(C)C. The van der Waals surface area contributed by atoms with E-state index in [1.165, 1.54) is 0 Å². The van der Waals surface area contributed by atoms with E-state index in [9.17, 15) is 9.59 Å². The minimum Gasteiger partial charge on any atom is -0.462 e. The van der Waals surface area contributed by atoms with Crippen molar-refractivity contribution in [2.24, 2.45) is 0 Å². The number of benzene rings is 2. The molecule has 1 amide bonds. The molecule has 1 N–H and O–H groups in total. The molecule has 0 saturated carbocycles. The molecule has 0 aliphatic carbocycles. The summed E-state index contributed by atoms with van der Waals surface area (Å²) in [5.41, 5.74) is 1.39. The summed E-state index contributed by atoms with van der Waals surface area (Å²) in [7, 11) is 0. The quantitative estimate of drug-likeness (QED) is 0.614. The van der Waals surface area contributed by atoms with Crippen molar-refractivity contribution in [1.29, 1.82) is 0 Å². The molecule has 0 fully saturated rings. The van der Waals surface area contributed by atoms with Crippen molar-refractivity contribution in [3.63, 3.8) is 0 Å². The Morgan fingerprint density at radius 1 is 1.04 bits per heavy atom. The van der Waals surface area contributed by atoms with E-state index in [-0.39, 0.29) is 12.5 Å². The highest BCUT2D eigenvalue weighted by Gasteiger charge is 2.17. The second-order valence-electron chi connectivity index (χ2n) is 5.38. The van der Waals surface area contributed by atoms with Crippen LogP contribution in [0.3, 0.4) is 0 Å². The number of rotatable bonds is 6. The van der Waals surface area contributed by atoms with E-state index in [1.807, 2.05) is 18.2 Å². The van der Waals surface area contributed by atoms with Gasteiger partial charge in [-0.05, 0) is 31.2 Å². The summed E-state index contributed by atoms with van der Waals surface area (Å²) in [5.74, 6) is -0.686. The lowest BCUT2D eigenvalue weighted by Gasteiger charge is -2.13. The Kier molecular flexibility index (Phi) is 6.44. The molecule has 0 atom stereocenters. The van der Waals surface area contributed by atoms with Crippen LogP contribution in [0.25, 0.3) is 0 Å². The fraction of sp³-hybridized carbons (Fsp3) is 0.263. The lowest BCUT2D eigenvalue weighted by molar-refractivity contribution is 0.0527. The van der Waals surface area contributed by atoms with Crippen molar-refractivity contribution in [2.45, 2.75) is 30.9 Å². The molecule has 5 heteroatoms. The Hall–Kier alpha value is -2.27. The number of anilines is 1. The minimum atomic E-state index is -0.446. The number of carbonyl (C=O) groups is 2. The third kappa shape index (κ3) is 4.61. The van der Waals surface area contributed by atoms with Gasteiger partial charge in [0.2, 0.25) is 0 Å². The Bertz CT molecular complexity index is 728. The number of carbonyl (C=O) groups excluding carboxylic acids is 2. The molecule has 4 nitrogen and oxygen atoms in total. The molecule has 2 aromatic carbocycles. The van der Waals surface area contributed by atoms with E-state index >= 15 is 0 Å². The number of nitrogens with one attached hydrogen (secondary N) is 1. The van der Waals surface area contributed by atoms with Gasteiger partial charge < -0.3 is 10.1 Å². The minimum absolute atomic E-state index is 0.240. The number of esters is 1. The average molecular weight is 343 g/mol. The molecule has 2 rings (SSSR count). The van der Waals surface area contributed by atoms with Crippen LogP contribution in [0, 0.1) is 0 Å². The molecular formula is C19H21NO3S. The van der Waals surface area contributed by atoms with Gasteiger partial charge in [-0.1, -0.05) is 38.1 Å². The van der Waals surface area contributed by atoms with Gasteiger partial charge in [-0.25, -0.2) is 4.79 Å². The monoisotopic (exact) mass is 343 g/mol. The van der Waals surface area contributed by atoms with Gasteiger partial charge in [0.1, 0.15) is 0 Å². The molecule has 126 valence electrons. The third-order valence-electron chi connectivity index (χ3n) is 3.16. The zero-order valence-corrected chi connectivity index (χ0v) is 14.9. The first-order chi connectivity index (χ1) is 11.5. The van der Waals surface area contributed by atoms with E-state index in [0.29, 0.717) is 22.1 Å². The molecule has 0 bridgehead atoms. The van der Waals surface area contributed by atoms with Crippen LogP contribution in [0.2, 0.25) is 0 Å². The molecular weight excluding hydrogens is 322 g/mol. The summed E-state index contributed by atoms with van der Waals surface area (Å²) in [4.78, 5) is 25.6. The number of ether oxygens (including phenoxy) is 1. The molecule has 0 radical (unpaired) electrons. The summed E-state index contributed by atoms with van der Waals surface area (Å²) in [6, 6.07) is 14.3. The van der Waals surface area contributed by atoms with Crippen LogP contribution in [0.4, 0.5) is 5.69 Å². The Morgan fingerprint density at radius 2 is 1.67 bits per heavy atom. The molecule has 24 heavy (non-hydrogen) atoms. The van der Waals surface area contributed by atoms with Gasteiger partial charge in [-0.3, -0.25) is 4.79 Å². The van der Waals surface area contributed by atoms with Gasteiger partial charge in [0.15, 0.2) is 0 Å². The van der Waals surface area contributed by atoms with Crippen molar-refractivity contribution in [3.8, 4) is 0 Å². The predicted molar refractivity (Wildman–Crippen MR) is 97.8 cm³/mol. The highest BCUT2D eigenvalue weighted by atomic mass is 32.2. The van der Waals surface area contributed by atoms with Crippen molar-refractivity contribution in [3.05, 3.63) is 59.7 Å². The van der Waals surface area contributed by atoms with E-state index in [2.05, 4.69) is 19.2 Å². The van der Waals surface area contributed by atoms with Crippen LogP contribution < -0.4 is 5.32 Å². The second-order valence-corrected chi connectivity index (χ2v) is 7.00. The summed E-state index contributed by atoms with van der Waals surface area (Å²) >= 11 is 1.63. The lowest BCUT2D eigenvalue weighted by Crippen LogP contribution is -2.16. The molecule has 0 aliphatic heterocycles. The van der Waals surface area contributed by atoms with E-state index < -0.39 is 5.97 Å². The number of thioether (sulfide) groups is 1. The van der Waals surface area contributed by atoms with Crippen LogP contribution in [0.5, 0.6) is 0 Å². The van der Waals surface area contributed by atoms with Gasteiger partial charge in [0.05, 0.1) is 23.4 Å². The first-order valence-electron chi connectivity index (χ1n) is 7.86. The number of para-hydroxylation sites is 1. The molecule has 0 heterocycles. The van der Waals surface area contributed by atoms with Gasteiger partial charge in [-0.15, -0.1) is 11.8 Å². The molecule has 0 unspecified atom stereocenters. The normalized spacial score (nSPS) is 10.5. The fourth-order valence-electron chi connectivity index (χ4n) is 2.18. The van der Waals surface area contributed by atoms with Gasteiger partial charge in [0, 0.05) is 10.1 Å². The third-order valence-corrected chi connectivity index (χ3v) is 4.25. The zero-order valence-electron chi connectivity index (χ0n) is 14.0. The van der Waals surface area contributed by atoms with Crippen molar-refractivity contribution >= 4 is 29.3 Å². The smallest absolute Gasteiger partial charge is 0.340 e. The van der Waals surface area contributed by atoms with E-state index in [4.69, 9.17) is 4.74 Å². The van der Waals surface area contributed by atoms with Crippen molar-refractivity contribution < 1.29 is 14.3 Å². The number of hydrogen-bond acceptors (Lipinski definition) is 4. The topological polar surface area (TPSA) is 55.4 Å². The highest BCUT2D eigenvalue weighted by molar-refractivity contribution is 8.00. The summed E-state index contributed by atoms with van der Waals surface area (Å²) in [6.45, 7) is 6.19. The zero-order chi connectivity index (χ0) is 17.5. The highest BCUT2D eigenvalue weighted by Crippen LogP contribution is 2.27. The lowest BCUT2D eigenvalue weighted by atomic mass is 10.1. The first kappa shape index (κ1) is 18.1. The molecule has 0 saturated heterocycles. The maximum absolute atomic E-state index is 12.7. The second kappa shape index (κ2) is 8.55. The van der Waals surface area contributed by atoms with E-state index in [1.54, 1.807) is 49.0 Å². The van der Waals surface area contributed by atoms with Crippen molar-refractivity contribution in [1.82, 2.24) is 0 Å². The van der Waals surface area contributed by atoms with E-state index in [0.717, 1.165) is 4.90 Å². The van der Waals surface area contributed by atoms with Gasteiger partial charge in [-0.2, -0.15) is 0 Å². The van der Waals surface area contributed by atoms with Gasteiger partial charge in [0.25, 0.3) is 5.91 Å². The Labute approximate surface area is 146 Å². The van der Waals surface area contributed by atoms with Gasteiger partial charge >= 0.3 is 5.97 Å². The largest absolute Gasteiger partial charge is 0.462 e. The number of hydrogen-bond donors (Lipinski definition) is 1. The first-order valence-corrected chi connectivity index (χ1v) is 8.74. The maximum atomic E-state index is 12.7. The van der Waals surface area contributed by atoms with Crippen LogP contribution in [0.1, 0.15) is 41.5 Å². The summed E-state index contributed by atoms with van der Waals surface area (Å²) in [5, 5.41) is 3.19. The molecule has 0 aromatic heterocycles. The molecule has 2 aromatic rings. The van der Waals surface area contributed by atoms with Crippen molar-refractivity contribution in [2.75, 3.05) is 11.9 Å². The van der Waals surface area contributed by atoms with Crippen LogP contribution in [0.15, 0.2) is 53.4 Å². The molecule has 0 aliphatic rings. The summed E-state index contributed by atoms with van der Waals surface area (Å²) in [6.07, 6.45) is 0. The standard InChI is InChI=1S/C19H21NO3S/c1-4-23-19(22)14-9-5-7-11-16(14)20-18(21)15-10-6-8-12-17(15)24-13(2)3/h5-13H,4H2,1-3H3,(H,20,21). The average Bonchev–Trinajstić information content (AvgIpc) is 2.55. The van der Waals surface area contributed by atoms with Crippen LogP contribution in [-0.4, -0.2) is 23.7 Å². The predicted octanol–water partition coefficient (Wildman–Crippen LogP) is 4.62. The fourth-order valence-corrected chi connectivity index (χ4v) is 3.13. The Balaban J connectivity index is 2.27. The van der Waals surface area contributed by atoms with Crippen LogP contribution >= 0.6 is 11.8 Å². The summed E-state index contributed by atoms with van der Waals surface area (Å²) < 4.78 is 5.04.